The number of ether oxygens (including phenoxy) is 1. The Hall–Kier alpha value is -2.67. The van der Waals surface area contributed by atoms with E-state index >= 15 is 0 Å². The average Bonchev–Trinajstić information content (AvgIpc) is 2.45. The van der Waals surface area contributed by atoms with E-state index in [0.29, 0.717) is 12.5 Å². The molecular weight excluding hydrogens is 280 g/mol. The lowest BCUT2D eigenvalue weighted by Crippen LogP contribution is -2.31. The molecule has 21 heavy (non-hydrogen) atoms. The van der Waals surface area contributed by atoms with Crippen LogP contribution in [0.1, 0.15) is 12.8 Å². The number of nitrogens with zero attached hydrogens (tertiary/aromatic N) is 3. The second kappa shape index (κ2) is 8.49. The fourth-order valence-corrected chi connectivity index (χ4v) is 1.56. The van der Waals surface area contributed by atoms with Crippen LogP contribution in [0, 0.1) is 34.3 Å². The third-order valence-corrected chi connectivity index (χ3v) is 2.56. The van der Waals surface area contributed by atoms with Gasteiger partial charge in [-0.25, -0.2) is 8.78 Å². The van der Waals surface area contributed by atoms with Crippen LogP contribution in [0.3, 0.4) is 0 Å². The zero-order valence-corrected chi connectivity index (χ0v) is 11.2. The van der Waals surface area contributed by atoms with E-state index in [1.807, 2.05) is 0 Å². The highest BCUT2D eigenvalue weighted by molar-refractivity contribution is 5.76. The molecule has 0 atom stereocenters. The van der Waals surface area contributed by atoms with E-state index in [9.17, 15) is 13.6 Å². The predicted octanol–water partition coefficient (Wildman–Crippen LogP) is 2.00. The van der Waals surface area contributed by atoms with E-state index < -0.39 is 11.6 Å². The summed E-state index contributed by atoms with van der Waals surface area (Å²) in [7, 11) is 0. The number of rotatable bonds is 7. The van der Waals surface area contributed by atoms with E-state index in [2.05, 4.69) is 0 Å². The summed E-state index contributed by atoms with van der Waals surface area (Å²) in [5.74, 6) is -1.94. The van der Waals surface area contributed by atoms with Crippen molar-refractivity contribution in [1.82, 2.24) is 4.90 Å². The molecule has 0 fully saturated rings. The molecule has 1 aromatic rings. The quantitative estimate of drug-likeness (QED) is 0.569. The van der Waals surface area contributed by atoms with Crippen molar-refractivity contribution >= 4 is 5.91 Å². The van der Waals surface area contributed by atoms with Crippen molar-refractivity contribution in [3.8, 4) is 17.9 Å². The van der Waals surface area contributed by atoms with E-state index in [0.717, 1.165) is 11.0 Å². The SMILES string of the molecule is N#CCN(CC#N)C(=O)CCCOc1ccc(F)cc1F. The molecule has 110 valence electrons. The van der Waals surface area contributed by atoms with Crippen molar-refractivity contribution in [3.63, 3.8) is 0 Å². The van der Waals surface area contributed by atoms with Crippen LogP contribution in [0.5, 0.6) is 5.75 Å². The summed E-state index contributed by atoms with van der Waals surface area (Å²) >= 11 is 0. The Morgan fingerprint density at radius 2 is 1.90 bits per heavy atom. The molecule has 0 spiro atoms. The van der Waals surface area contributed by atoms with Crippen molar-refractivity contribution in [2.24, 2.45) is 0 Å². The summed E-state index contributed by atoms with van der Waals surface area (Å²) in [5, 5.41) is 17.1. The lowest BCUT2D eigenvalue weighted by Gasteiger charge is -2.15. The fraction of sp³-hybridized carbons (Fsp3) is 0.357. The monoisotopic (exact) mass is 293 g/mol. The van der Waals surface area contributed by atoms with Gasteiger partial charge in [-0.05, 0) is 18.6 Å². The number of carbonyl (C=O) groups excluding carboxylic acids is 1. The summed E-state index contributed by atoms with van der Waals surface area (Å²) in [6.45, 7) is -0.235. The first kappa shape index (κ1) is 16.4. The van der Waals surface area contributed by atoms with E-state index in [1.165, 1.54) is 6.07 Å². The molecule has 0 bridgehead atoms. The van der Waals surface area contributed by atoms with Gasteiger partial charge in [0, 0.05) is 12.5 Å². The molecule has 1 rings (SSSR count). The van der Waals surface area contributed by atoms with Gasteiger partial charge in [-0.3, -0.25) is 4.79 Å². The maximum atomic E-state index is 13.3. The van der Waals surface area contributed by atoms with Crippen LogP contribution >= 0.6 is 0 Å². The molecule has 0 saturated carbocycles. The summed E-state index contributed by atoms with van der Waals surface area (Å²) in [6.07, 6.45) is 0.370. The largest absolute Gasteiger partial charge is 0.491 e. The second-order valence-electron chi connectivity index (χ2n) is 4.09. The van der Waals surface area contributed by atoms with Crippen molar-refractivity contribution in [2.75, 3.05) is 19.7 Å². The Balaban J connectivity index is 2.38. The molecule has 5 nitrogen and oxygen atoms in total. The van der Waals surface area contributed by atoms with Crippen LogP contribution < -0.4 is 4.74 Å². The lowest BCUT2D eigenvalue weighted by molar-refractivity contribution is -0.130. The van der Waals surface area contributed by atoms with Crippen molar-refractivity contribution in [2.45, 2.75) is 12.8 Å². The highest BCUT2D eigenvalue weighted by Gasteiger charge is 2.12. The van der Waals surface area contributed by atoms with Gasteiger partial charge < -0.3 is 9.64 Å². The fourth-order valence-electron chi connectivity index (χ4n) is 1.56. The maximum absolute atomic E-state index is 13.3. The van der Waals surface area contributed by atoms with Gasteiger partial charge in [-0.1, -0.05) is 0 Å². The average molecular weight is 293 g/mol. The molecule has 1 aromatic carbocycles. The minimum atomic E-state index is -0.808. The molecule has 0 aliphatic carbocycles. The molecule has 0 aromatic heterocycles. The summed E-state index contributed by atoms with van der Waals surface area (Å²) in [5.41, 5.74) is 0. The van der Waals surface area contributed by atoms with Gasteiger partial charge in [0.25, 0.3) is 0 Å². The number of carbonyl (C=O) groups is 1. The molecule has 0 radical (unpaired) electrons. The molecule has 0 aliphatic heterocycles. The summed E-state index contributed by atoms with van der Waals surface area (Å²) < 4.78 is 31.0. The lowest BCUT2D eigenvalue weighted by atomic mass is 10.2. The number of halogens is 2. The van der Waals surface area contributed by atoms with Gasteiger partial charge in [0.15, 0.2) is 11.6 Å². The smallest absolute Gasteiger partial charge is 0.224 e. The molecule has 0 N–H and O–H groups in total. The molecule has 0 heterocycles. The molecule has 1 amide bonds. The number of benzene rings is 1. The zero-order chi connectivity index (χ0) is 15.7. The number of amides is 1. The van der Waals surface area contributed by atoms with Crippen LogP contribution in [0.25, 0.3) is 0 Å². The molecule has 0 unspecified atom stereocenters. The topological polar surface area (TPSA) is 77.1 Å². The first-order valence-corrected chi connectivity index (χ1v) is 6.18. The highest BCUT2D eigenvalue weighted by atomic mass is 19.1. The number of hydrogen-bond donors (Lipinski definition) is 0. The maximum Gasteiger partial charge on any atom is 0.224 e. The second-order valence-corrected chi connectivity index (χ2v) is 4.09. The van der Waals surface area contributed by atoms with Crippen LogP contribution in [-0.2, 0) is 4.79 Å². The minimum absolute atomic E-state index is 0.0707. The Kier molecular flexibility index (Phi) is 6.62. The molecule has 0 saturated heterocycles. The number of hydrogen-bond acceptors (Lipinski definition) is 4. The predicted molar refractivity (Wildman–Crippen MR) is 68.9 cm³/mol. The molecular formula is C14H13F2N3O2. The van der Waals surface area contributed by atoms with Crippen molar-refractivity contribution in [1.29, 1.82) is 10.5 Å². The van der Waals surface area contributed by atoms with Crippen LogP contribution in [0.15, 0.2) is 18.2 Å². The Morgan fingerprint density at radius 1 is 1.24 bits per heavy atom. The van der Waals surface area contributed by atoms with Crippen LogP contribution in [0.2, 0.25) is 0 Å². The normalized spacial score (nSPS) is 9.52. The van der Waals surface area contributed by atoms with E-state index in [1.54, 1.807) is 12.1 Å². The Morgan fingerprint density at radius 3 is 2.48 bits per heavy atom. The molecule has 0 aliphatic rings. The van der Waals surface area contributed by atoms with Gasteiger partial charge in [-0.15, -0.1) is 0 Å². The van der Waals surface area contributed by atoms with Crippen molar-refractivity contribution < 1.29 is 18.3 Å². The standard InChI is InChI=1S/C14H13F2N3O2/c15-11-3-4-13(12(16)10-11)21-9-1-2-14(20)19(7-5-17)8-6-18/h3-4,10H,1-2,7-9H2. The van der Waals surface area contributed by atoms with Gasteiger partial charge in [0.2, 0.25) is 5.91 Å². The summed E-state index contributed by atoms with van der Waals surface area (Å²) in [4.78, 5) is 12.8. The minimum Gasteiger partial charge on any atom is -0.491 e. The molecule has 7 heteroatoms. The summed E-state index contributed by atoms with van der Waals surface area (Å²) in [6, 6.07) is 6.56. The third-order valence-electron chi connectivity index (χ3n) is 2.56. The zero-order valence-electron chi connectivity index (χ0n) is 11.2. The number of nitriles is 2. The first-order chi connectivity index (χ1) is 10.1. The van der Waals surface area contributed by atoms with Gasteiger partial charge in [0.1, 0.15) is 18.9 Å². The van der Waals surface area contributed by atoms with E-state index in [4.69, 9.17) is 15.3 Å². The highest BCUT2D eigenvalue weighted by Crippen LogP contribution is 2.17. The van der Waals surface area contributed by atoms with E-state index in [-0.39, 0.29) is 37.8 Å². The van der Waals surface area contributed by atoms with Gasteiger partial charge in [-0.2, -0.15) is 10.5 Å². The van der Waals surface area contributed by atoms with Crippen molar-refractivity contribution in [3.05, 3.63) is 29.8 Å². The van der Waals surface area contributed by atoms with Crippen LogP contribution in [0.4, 0.5) is 8.78 Å². The van der Waals surface area contributed by atoms with Gasteiger partial charge >= 0.3 is 0 Å². The Labute approximate surface area is 121 Å². The third kappa shape index (κ3) is 5.45. The Bertz CT molecular complexity index is 563. The van der Waals surface area contributed by atoms with Gasteiger partial charge in [0.05, 0.1) is 18.7 Å². The first-order valence-electron chi connectivity index (χ1n) is 6.18. The van der Waals surface area contributed by atoms with Crippen LogP contribution in [-0.4, -0.2) is 30.5 Å².